The first-order valence-electron chi connectivity index (χ1n) is 9.88. The molecular weight excluding hydrogens is 422 g/mol. The Morgan fingerprint density at radius 2 is 2.06 bits per heavy atom. The summed E-state index contributed by atoms with van der Waals surface area (Å²) < 4.78 is 33.2. The average molecular weight is 445 g/mol. The lowest BCUT2D eigenvalue weighted by Gasteiger charge is -2.33. The summed E-state index contributed by atoms with van der Waals surface area (Å²) in [6.45, 7) is 1.29. The summed E-state index contributed by atoms with van der Waals surface area (Å²) in [5.41, 5.74) is 6.97. The zero-order valence-corrected chi connectivity index (χ0v) is 17.5. The molecule has 31 heavy (non-hydrogen) atoms. The van der Waals surface area contributed by atoms with Crippen molar-refractivity contribution in [3.63, 3.8) is 0 Å². The summed E-state index contributed by atoms with van der Waals surface area (Å²) in [6, 6.07) is 8.98. The molecule has 0 bridgehead atoms. The first kappa shape index (κ1) is 21.0. The van der Waals surface area contributed by atoms with Gasteiger partial charge in [0.2, 0.25) is 0 Å². The second kappa shape index (κ2) is 8.10. The van der Waals surface area contributed by atoms with Crippen LogP contribution in [0, 0.1) is 5.92 Å². The van der Waals surface area contributed by atoms with Gasteiger partial charge in [0.05, 0.1) is 23.5 Å². The van der Waals surface area contributed by atoms with Gasteiger partial charge in [0.1, 0.15) is 23.1 Å². The number of sulfonamides is 1. The summed E-state index contributed by atoms with van der Waals surface area (Å²) in [4.78, 5) is 14.4. The molecule has 0 saturated carbocycles. The predicted molar refractivity (Wildman–Crippen MR) is 114 cm³/mol. The van der Waals surface area contributed by atoms with Crippen molar-refractivity contribution in [3.05, 3.63) is 53.1 Å². The van der Waals surface area contributed by atoms with Crippen LogP contribution in [0.25, 0.3) is 0 Å². The van der Waals surface area contributed by atoms with E-state index in [9.17, 15) is 23.4 Å². The summed E-state index contributed by atoms with van der Waals surface area (Å²) in [5.74, 6) is -0.427. The Balaban J connectivity index is 1.46. The molecule has 164 valence electrons. The van der Waals surface area contributed by atoms with Crippen LogP contribution in [0.2, 0.25) is 0 Å². The lowest BCUT2D eigenvalue weighted by molar-refractivity contribution is 0.0630. The Hall–Kier alpha value is -3.27. The largest absolute Gasteiger partial charge is 0.508 e. The van der Waals surface area contributed by atoms with Crippen molar-refractivity contribution in [3.8, 4) is 17.2 Å². The number of rotatable bonds is 4. The number of phenolic OH excluding ortho intramolecular Hbond substituents is 2. The van der Waals surface area contributed by atoms with E-state index in [1.54, 1.807) is 23.1 Å². The molecule has 2 aliphatic heterocycles. The SMILES string of the molecule is NC1=NS(=O)(=O)Cc2cccc(OC[C@H]3CCCN(C(=O)c4cc(O)ccc4O)C3)c21. The van der Waals surface area contributed by atoms with E-state index in [2.05, 4.69) is 4.40 Å². The lowest BCUT2D eigenvalue weighted by atomic mass is 9.98. The van der Waals surface area contributed by atoms with Gasteiger partial charge in [0.15, 0.2) is 0 Å². The average Bonchev–Trinajstić information content (AvgIpc) is 2.72. The van der Waals surface area contributed by atoms with Gasteiger partial charge in [0, 0.05) is 19.0 Å². The van der Waals surface area contributed by atoms with Crippen molar-refractivity contribution in [2.75, 3.05) is 19.7 Å². The lowest BCUT2D eigenvalue weighted by Crippen LogP contribution is -2.41. The molecule has 1 saturated heterocycles. The molecule has 0 spiro atoms. The van der Waals surface area contributed by atoms with Gasteiger partial charge in [-0.3, -0.25) is 4.79 Å². The zero-order chi connectivity index (χ0) is 22.2. The van der Waals surface area contributed by atoms with Gasteiger partial charge in [-0.05, 0) is 42.7 Å². The molecule has 10 heteroatoms. The van der Waals surface area contributed by atoms with Crippen molar-refractivity contribution in [1.82, 2.24) is 4.90 Å². The molecule has 4 rings (SSSR count). The molecule has 4 N–H and O–H groups in total. The number of carbonyl (C=O) groups is 1. The number of likely N-dealkylation sites (tertiary alicyclic amines) is 1. The third-order valence-electron chi connectivity index (χ3n) is 5.44. The maximum Gasteiger partial charge on any atom is 0.259 e. The summed E-state index contributed by atoms with van der Waals surface area (Å²) in [7, 11) is -3.62. The minimum absolute atomic E-state index is 0.0403. The molecule has 1 amide bonds. The summed E-state index contributed by atoms with van der Waals surface area (Å²) >= 11 is 0. The molecule has 0 unspecified atom stereocenters. The number of hydrogen-bond acceptors (Lipinski definition) is 7. The highest BCUT2D eigenvalue weighted by atomic mass is 32.2. The number of carbonyl (C=O) groups excluding carboxylic acids is 1. The third kappa shape index (κ3) is 4.43. The molecule has 1 atom stereocenters. The van der Waals surface area contributed by atoms with E-state index < -0.39 is 10.0 Å². The molecule has 0 aromatic heterocycles. The number of hydrogen-bond donors (Lipinski definition) is 3. The highest BCUT2D eigenvalue weighted by Crippen LogP contribution is 2.30. The van der Waals surface area contributed by atoms with Crippen LogP contribution in [0.5, 0.6) is 17.2 Å². The maximum absolute atomic E-state index is 12.8. The predicted octanol–water partition coefficient (Wildman–Crippen LogP) is 1.58. The van der Waals surface area contributed by atoms with Crippen LogP contribution in [-0.2, 0) is 15.8 Å². The number of benzene rings is 2. The number of phenols is 2. The number of piperidine rings is 1. The number of nitrogens with two attached hydrogens (primary N) is 1. The maximum atomic E-state index is 12.8. The Morgan fingerprint density at radius 3 is 2.87 bits per heavy atom. The monoisotopic (exact) mass is 445 g/mol. The molecule has 2 aromatic carbocycles. The Kier molecular flexibility index (Phi) is 5.48. The zero-order valence-electron chi connectivity index (χ0n) is 16.7. The van der Waals surface area contributed by atoms with Gasteiger partial charge in [0.25, 0.3) is 15.9 Å². The highest BCUT2D eigenvalue weighted by molar-refractivity contribution is 7.89. The van der Waals surface area contributed by atoms with E-state index in [4.69, 9.17) is 10.5 Å². The van der Waals surface area contributed by atoms with Gasteiger partial charge in [-0.25, -0.2) is 8.42 Å². The second-order valence-electron chi connectivity index (χ2n) is 7.76. The van der Waals surface area contributed by atoms with E-state index in [0.717, 1.165) is 12.8 Å². The summed E-state index contributed by atoms with van der Waals surface area (Å²) in [6.07, 6.45) is 1.62. The number of amidine groups is 1. The Bertz CT molecular complexity index is 1160. The molecule has 0 radical (unpaired) electrons. The van der Waals surface area contributed by atoms with Gasteiger partial charge in [-0.1, -0.05) is 12.1 Å². The second-order valence-corrected chi connectivity index (χ2v) is 9.40. The number of fused-ring (bicyclic) bond motifs is 1. The Labute approximate surface area is 179 Å². The van der Waals surface area contributed by atoms with E-state index in [1.807, 2.05) is 0 Å². The minimum atomic E-state index is -3.62. The fourth-order valence-electron chi connectivity index (χ4n) is 3.99. The number of ether oxygens (including phenoxy) is 1. The van der Waals surface area contributed by atoms with Crippen molar-refractivity contribution in [1.29, 1.82) is 0 Å². The smallest absolute Gasteiger partial charge is 0.259 e. The fourth-order valence-corrected chi connectivity index (χ4v) is 5.08. The van der Waals surface area contributed by atoms with Gasteiger partial charge in [-0.2, -0.15) is 0 Å². The van der Waals surface area contributed by atoms with Gasteiger partial charge in [-0.15, -0.1) is 4.40 Å². The molecule has 2 heterocycles. The van der Waals surface area contributed by atoms with E-state index >= 15 is 0 Å². The van der Waals surface area contributed by atoms with Crippen molar-refractivity contribution in [2.45, 2.75) is 18.6 Å². The molecule has 2 aliphatic rings. The topological polar surface area (TPSA) is 143 Å². The quantitative estimate of drug-likeness (QED) is 0.606. The van der Waals surface area contributed by atoms with Crippen molar-refractivity contribution < 1.29 is 28.2 Å². The number of nitrogens with zero attached hydrogens (tertiary/aromatic N) is 2. The molecule has 1 fully saturated rings. The van der Waals surface area contributed by atoms with Crippen LogP contribution in [0.15, 0.2) is 40.8 Å². The minimum Gasteiger partial charge on any atom is -0.508 e. The standard InChI is InChI=1S/C21H23N3O6S/c22-20-19-14(12-31(28,29)23-20)4-1-5-18(19)30-11-13-3-2-8-24(10-13)21(27)16-9-15(25)6-7-17(16)26/h1,4-7,9,13,25-26H,2-3,8,10-12H2,(H2,22,23)/t13-/m0/s1. The Morgan fingerprint density at radius 1 is 1.26 bits per heavy atom. The highest BCUT2D eigenvalue weighted by Gasteiger charge is 2.28. The van der Waals surface area contributed by atoms with Crippen LogP contribution in [-0.4, -0.2) is 55.0 Å². The van der Waals surface area contributed by atoms with E-state index in [1.165, 1.54) is 18.2 Å². The van der Waals surface area contributed by atoms with Gasteiger partial charge >= 0.3 is 0 Å². The van der Waals surface area contributed by atoms with E-state index in [-0.39, 0.29) is 40.5 Å². The van der Waals surface area contributed by atoms with Gasteiger partial charge < -0.3 is 25.6 Å². The van der Waals surface area contributed by atoms with Crippen LogP contribution in [0.3, 0.4) is 0 Å². The van der Waals surface area contributed by atoms with Crippen LogP contribution < -0.4 is 10.5 Å². The molecule has 9 nitrogen and oxygen atoms in total. The molecular formula is C21H23N3O6S. The molecule has 0 aliphatic carbocycles. The van der Waals surface area contributed by atoms with Crippen LogP contribution in [0.1, 0.15) is 34.3 Å². The third-order valence-corrected chi connectivity index (χ3v) is 6.59. The number of aromatic hydroxyl groups is 2. The van der Waals surface area contributed by atoms with Crippen molar-refractivity contribution in [2.24, 2.45) is 16.0 Å². The normalized spacial score (nSPS) is 19.9. The van der Waals surface area contributed by atoms with E-state index in [0.29, 0.717) is 36.6 Å². The summed E-state index contributed by atoms with van der Waals surface area (Å²) in [5, 5.41) is 19.6. The number of amides is 1. The molecule has 2 aromatic rings. The first-order chi connectivity index (χ1) is 14.7. The fraction of sp³-hybridized carbons (Fsp3) is 0.333. The van der Waals surface area contributed by atoms with Crippen molar-refractivity contribution >= 4 is 21.8 Å². The van der Waals surface area contributed by atoms with Crippen LogP contribution in [0.4, 0.5) is 0 Å². The van der Waals surface area contributed by atoms with Crippen LogP contribution >= 0.6 is 0 Å². The first-order valence-corrected chi connectivity index (χ1v) is 11.5.